The zero-order valence-corrected chi connectivity index (χ0v) is 20.6. The molecular weight excluding hydrogens is 390 g/mol. The summed E-state index contributed by atoms with van der Waals surface area (Å²) in [5, 5.41) is 4.44. The number of rotatable bonds is 5. The normalized spacial score (nSPS) is 12.5. The third-order valence-electron chi connectivity index (χ3n) is 4.76. The van der Waals surface area contributed by atoms with Gasteiger partial charge in [-0.25, -0.2) is 0 Å². The fourth-order valence-corrected chi connectivity index (χ4v) is 12.5. The molecule has 0 radical (unpaired) electrons. The minimum Gasteiger partial charge on any atom is -0.0677 e. The van der Waals surface area contributed by atoms with Crippen molar-refractivity contribution in [1.29, 1.82) is 0 Å². The highest BCUT2D eigenvalue weighted by Crippen LogP contribution is 2.42. The zero-order valence-electron chi connectivity index (χ0n) is 17.8. The van der Waals surface area contributed by atoms with Crippen LogP contribution in [0.1, 0.15) is 16.7 Å². The van der Waals surface area contributed by atoms with E-state index in [-0.39, 0.29) is 0 Å². The van der Waals surface area contributed by atoms with Gasteiger partial charge in [0, 0.05) is 5.30 Å². The van der Waals surface area contributed by atoms with Gasteiger partial charge in [0.1, 0.15) is 0 Å². The van der Waals surface area contributed by atoms with Crippen LogP contribution in [0.25, 0.3) is 0 Å². The van der Waals surface area contributed by atoms with Gasteiger partial charge in [-0.2, -0.15) is 0 Å². The van der Waals surface area contributed by atoms with E-state index in [2.05, 4.69) is 113 Å². The van der Waals surface area contributed by atoms with Crippen molar-refractivity contribution in [2.45, 2.75) is 40.4 Å². The quantitative estimate of drug-likeness (QED) is 0.334. The van der Waals surface area contributed by atoms with Gasteiger partial charge in [0.15, 0.2) is 0 Å². The second kappa shape index (κ2) is 8.87. The van der Waals surface area contributed by atoms with Crippen molar-refractivity contribution < 1.29 is 0 Å². The predicted octanol–water partition coefficient (Wildman–Crippen LogP) is 6.32. The largest absolute Gasteiger partial charge is 0.0849 e. The molecule has 0 unspecified atom stereocenters. The Kier molecular flexibility index (Phi) is 6.72. The van der Waals surface area contributed by atoms with Gasteiger partial charge in [-0.3, -0.25) is 0 Å². The van der Waals surface area contributed by atoms with Gasteiger partial charge in [0.25, 0.3) is 0 Å². The Morgan fingerprint density at radius 1 is 0.714 bits per heavy atom. The van der Waals surface area contributed by atoms with E-state index in [0.29, 0.717) is 0 Å². The molecule has 3 aromatic rings. The predicted molar refractivity (Wildman–Crippen MR) is 135 cm³/mol. The molecule has 0 aromatic heterocycles. The van der Waals surface area contributed by atoms with Crippen LogP contribution in [-0.4, -0.2) is 12.7 Å². The molecule has 0 amide bonds. The van der Waals surface area contributed by atoms with E-state index in [0.717, 1.165) is 0 Å². The molecule has 0 heterocycles. The molecule has 0 nitrogen and oxygen atoms in total. The van der Waals surface area contributed by atoms with Crippen LogP contribution in [0.15, 0.2) is 72.8 Å². The van der Waals surface area contributed by atoms with Crippen molar-refractivity contribution in [3.8, 4) is 0 Å². The van der Waals surface area contributed by atoms with E-state index in [1.807, 2.05) is 0 Å². The Morgan fingerprint density at radius 3 is 1.54 bits per heavy atom. The maximum absolute atomic E-state index is 2.51. The maximum atomic E-state index is 2.51. The molecule has 0 N–H and O–H groups in total. The Hall–Kier alpha value is -1.52. The molecule has 28 heavy (non-hydrogen) atoms. The van der Waals surface area contributed by atoms with Gasteiger partial charge < -0.3 is 0 Å². The lowest BCUT2D eigenvalue weighted by Crippen LogP contribution is -2.36. The fourth-order valence-electron chi connectivity index (χ4n) is 3.56. The molecular formula is C25H30P2Si. The summed E-state index contributed by atoms with van der Waals surface area (Å²) < 4.78 is 1.75. The highest BCUT2D eigenvalue weighted by molar-refractivity contribution is 8.02. The van der Waals surface area contributed by atoms with E-state index >= 15 is 0 Å². The Labute approximate surface area is 174 Å². The molecule has 0 aliphatic heterocycles. The third kappa shape index (κ3) is 4.90. The molecule has 0 saturated carbocycles. The minimum atomic E-state index is -1.52. The van der Waals surface area contributed by atoms with Gasteiger partial charge in [-0.05, 0) is 55.1 Å². The first kappa shape index (κ1) is 21.2. The fraction of sp³-hybridized carbons (Fsp3) is 0.240. The van der Waals surface area contributed by atoms with Gasteiger partial charge in [-0.15, -0.1) is 0 Å². The lowest BCUT2D eigenvalue weighted by atomic mass is 10.1. The van der Waals surface area contributed by atoms with Gasteiger partial charge in [-0.1, -0.05) is 106 Å². The van der Waals surface area contributed by atoms with Crippen molar-refractivity contribution in [3.05, 3.63) is 89.5 Å². The first-order chi connectivity index (χ1) is 13.3. The van der Waals surface area contributed by atoms with Crippen LogP contribution in [0.4, 0.5) is 0 Å². The Balaban J connectivity index is 2.27. The van der Waals surface area contributed by atoms with Crippen molar-refractivity contribution in [1.82, 2.24) is 0 Å². The van der Waals surface area contributed by atoms with Crippen LogP contribution < -0.4 is 15.9 Å². The lowest BCUT2D eigenvalue weighted by molar-refractivity contribution is 1.36. The summed E-state index contributed by atoms with van der Waals surface area (Å²) in [4.78, 5) is 0. The second-order valence-corrected chi connectivity index (χ2v) is 17.9. The van der Waals surface area contributed by atoms with Crippen LogP contribution in [-0.2, 0) is 0 Å². The van der Waals surface area contributed by atoms with E-state index in [9.17, 15) is 0 Å². The van der Waals surface area contributed by atoms with E-state index in [1.54, 1.807) is 4.66 Å². The molecule has 3 aromatic carbocycles. The van der Waals surface area contributed by atoms with Crippen molar-refractivity contribution in [3.63, 3.8) is 0 Å². The van der Waals surface area contributed by atoms with E-state index in [4.69, 9.17) is 0 Å². The molecule has 144 valence electrons. The smallest absolute Gasteiger partial charge is 0.0677 e. The zero-order chi connectivity index (χ0) is 20.3. The molecule has 0 fully saturated rings. The third-order valence-corrected chi connectivity index (χ3v) is 15.2. The number of benzene rings is 3. The number of hydrogen-bond donors (Lipinski definition) is 0. The summed E-state index contributed by atoms with van der Waals surface area (Å²) in [7, 11) is -0.596. The van der Waals surface area contributed by atoms with Crippen LogP contribution in [0.3, 0.4) is 0 Å². The molecule has 3 rings (SSSR count). The van der Waals surface area contributed by atoms with Crippen LogP contribution in [0, 0.1) is 20.8 Å². The van der Waals surface area contributed by atoms with Crippen molar-refractivity contribution >= 4 is 44.8 Å². The molecule has 0 aliphatic rings. The van der Waals surface area contributed by atoms with Crippen LogP contribution >= 0.6 is 16.1 Å². The Bertz CT molecular complexity index is 908. The summed E-state index contributed by atoms with van der Waals surface area (Å²) in [5.41, 5.74) is 4.20. The van der Waals surface area contributed by atoms with Crippen LogP contribution in [0.5, 0.6) is 0 Å². The highest BCUT2D eigenvalue weighted by Gasteiger charge is 2.30. The standard InChI is InChI=1S/C25H30P2Si/c1-19-17-20(2)24(21(3)18-19)26-25(28(4,5)6)27(22-13-9-7-10-14-22)23-15-11-8-12-16-23/h7-18H,1-6H3. The van der Waals surface area contributed by atoms with Gasteiger partial charge in [0.2, 0.25) is 0 Å². The summed E-state index contributed by atoms with van der Waals surface area (Å²) >= 11 is 0. The second-order valence-electron chi connectivity index (χ2n) is 8.44. The first-order valence-corrected chi connectivity index (χ1v) is 15.6. The lowest BCUT2D eigenvalue weighted by Gasteiger charge is -2.30. The van der Waals surface area contributed by atoms with Crippen LogP contribution in [0.2, 0.25) is 19.6 Å². The van der Waals surface area contributed by atoms with E-state index < -0.39 is 16.0 Å². The molecule has 0 spiro atoms. The monoisotopic (exact) mass is 420 g/mol. The molecule has 0 aliphatic carbocycles. The highest BCUT2D eigenvalue weighted by atomic mass is 31.1. The van der Waals surface area contributed by atoms with E-state index in [1.165, 1.54) is 40.8 Å². The average molecular weight is 421 g/mol. The summed E-state index contributed by atoms with van der Waals surface area (Å²) in [6.07, 6.45) is 0. The number of aryl methyl sites for hydroxylation is 3. The maximum Gasteiger partial charge on any atom is 0.0849 e. The first-order valence-electron chi connectivity index (χ1n) is 9.84. The summed E-state index contributed by atoms with van der Waals surface area (Å²) in [6, 6.07) is 27.0. The summed E-state index contributed by atoms with van der Waals surface area (Å²) in [6.45, 7) is 14.3. The average Bonchev–Trinajstić information content (AvgIpc) is 2.64. The minimum absolute atomic E-state index is 0.492. The molecule has 0 atom stereocenters. The molecule has 3 heteroatoms. The molecule has 0 bridgehead atoms. The van der Waals surface area contributed by atoms with Gasteiger partial charge >= 0.3 is 0 Å². The number of hydrogen-bond acceptors (Lipinski definition) is 0. The van der Waals surface area contributed by atoms with Crippen molar-refractivity contribution in [2.24, 2.45) is 0 Å². The summed E-state index contributed by atoms with van der Waals surface area (Å²) in [5.74, 6) is 0. The molecule has 0 saturated heterocycles. The topological polar surface area (TPSA) is 0 Å². The Morgan fingerprint density at radius 2 is 1.14 bits per heavy atom. The van der Waals surface area contributed by atoms with Crippen molar-refractivity contribution in [2.75, 3.05) is 0 Å². The SMILES string of the molecule is Cc1cc(C)c(P=C(P(c2ccccc2)c2ccccc2)[Si](C)(C)C)c(C)c1. The van der Waals surface area contributed by atoms with Gasteiger partial charge in [0.05, 0.1) is 8.07 Å².